The van der Waals surface area contributed by atoms with Gasteiger partial charge in [-0.2, -0.15) is 4.31 Å². The molecule has 4 nitrogen and oxygen atoms in total. The Morgan fingerprint density at radius 1 is 1.35 bits per heavy atom. The van der Waals surface area contributed by atoms with Gasteiger partial charge in [-0.3, -0.25) is 0 Å². The number of benzene rings is 1. The van der Waals surface area contributed by atoms with Gasteiger partial charge >= 0.3 is 0 Å². The topological polar surface area (TPSA) is 57.6 Å². The summed E-state index contributed by atoms with van der Waals surface area (Å²) in [6.07, 6.45) is 2.63. The molecule has 0 atom stereocenters. The highest BCUT2D eigenvalue weighted by Crippen LogP contribution is 2.34. The summed E-state index contributed by atoms with van der Waals surface area (Å²) in [5.74, 6) is -0.172. The summed E-state index contributed by atoms with van der Waals surface area (Å²) in [6.45, 7) is 2.47. The van der Waals surface area contributed by atoms with Crippen LogP contribution in [-0.2, 0) is 10.0 Å². The Labute approximate surface area is 102 Å². The summed E-state index contributed by atoms with van der Waals surface area (Å²) >= 11 is 0. The van der Waals surface area contributed by atoms with Gasteiger partial charge in [-0.25, -0.2) is 8.42 Å². The molecule has 0 unspecified atom stereocenters. The molecule has 2 rings (SSSR count). The van der Waals surface area contributed by atoms with Crippen molar-refractivity contribution < 1.29 is 13.5 Å². The first-order chi connectivity index (χ1) is 8.07. The summed E-state index contributed by atoms with van der Waals surface area (Å²) in [6, 6.07) is 6.23. The van der Waals surface area contributed by atoms with Gasteiger partial charge < -0.3 is 5.11 Å². The molecule has 94 valence electrons. The number of sulfonamides is 1. The molecule has 1 aromatic carbocycles. The summed E-state index contributed by atoms with van der Waals surface area (Å²) in [4.78, 5) is 0.0142. The fraction of sp³-hybridized carbons (Fsp3) is 0.500. The molecule has 1 saturated carbocycles. The third kappa shape index (κ3) is 2.45. The van der Waals surface area contributed by atoms with Crippen molar-refractivity contribution in [2.24, 2.45) is 0 Å². The number of nitrogens with zero attached hydrogens (tertiary/aromatic N) is 1. The molecule has 0 spiro atoms. The van der Waals surface area contributed by atoms with E-state index in [-0.39, 0.29) is 16.7 Å². The minimum absolute atomic E-state index is 0.0142. The maximum atomic E-state index is 12.4. The molecular weight excluding hydrogens is 238 g/mol. The zero-order valence-electron chi connectivity index (χ0n) is 9.83. The highest BCUT2D eigenvalue weighted by atomic mass is 32.2. The summed E-state index contributed by atoms with van der Waals surface area (Å²) < 4.78 is 26.3. The van der Waals surface area contributed by atoms with Gasteiger partial charge in [0.15, 0.2) is 0 Å². The van der Waals surface area contributed by atoms with Gasteiger partial charge in [0.1, 0.15) is 10.6 Å². The standard InChI is InChI=1S/C12H17NO3S/c1-2-9-13(10-7-8-10)17(15,16)12-6-4-3-5-11(12)14/h3-6,10,14H,2,7-9H2,1H3. The van der Waals surface area contributed by atoms with Crippen LogP contribution in [0, 0.1) is 0 Å². The second-order valence-corrected chi connectivity index (χ2v) is 6.17. The quantitative estimate of drug-likeness (QED) is 0.875. The van der Waals surface area contributed by atoms with Crippen molar-refractivity contribution in [1.82, 2.24) is 4.31 Å². The van der Waals surface area contributed by atoms with E-state index in [1.54, 1.807) is 12.1 Å². The smallest absolute Gasteiger partial charge is 0.246 e. The van der Waals surface area contributed by atoms with Crippen LogP contribution in [0.25, 0.3) is 0 Å². The third-order valence-electron chi connectivity index (χ3n) is 2.85. The van der Waals surface area contributed by atoms with E-state index in [0.717, 1.165) is 19.3 Å². The van der Waals surface area contributed by atoms with Gasteiger partial charge in [0, 0.05) is 12.6 Å². The molecule has 5 heteroatoms. The Morgan fingerprint density at radius 3 is 2.53 bits per heavy atom. The lowest BCUT2D eigenvalue weighted by molar-refractivity contribution is 0.397. The first kappa shape index (κ1) is 12.4. The molecule has 0 saturated heterocycles. The Kier molecular flexibility index (Phi) is 3.40. The molecule has 0 heterocycles. The number of aromatic hydroxyl groups is 1. The lowest BCUT2D eigenvalue weighted by atomic mass is 10.3. The molecule has 1 aromatic rings. The van der Waals surface area contributed by atoms with Gasteiger partial charge in [0.05, 0.1) is 0 Å². The summed E-state index contributed by atoms with van der Waals surface area (Å²) in [5.41, 5.74) is 0. The molecule has 1 aliphatic carbocycles. The van der Waals surface area contributed by atoms with Crippen molar-refractivity contribution in [2.75, 3.05) is 6.54 Å². The van der Waals surface area contributed by atoms with E-state index in [4.69, 9.17) is 0 Å². The first-order valence-corrected chi connectivity index (χ1v) is 7.31. The monoisotopic (exact) mass is 255 g/mol. The SMILES string of the molecule is CCCN(C1CC1)S(=O)(=O)c1ccccc1O. The van der Waals surface area contributed by atoms with Gasteiger partial charge in [-0.1, -0.05) is 19.1 Å². The minimum atomic E-state index is -3.55. The van der Waals surface area contributed by atoms with E-state index in [9.17, 15) is 13.5 Å². The van der Waals surface area contributed by atoms with Crippen molar-refractivity contribution >= 4 is 10.0 Å². The number of para-hydroxylation sites is 1. The number of hydrogen-bond acceptors (Lipinski definition) is 3. The second kappa shape index (κ2) is 4.66. The Balaban J connectivity index is 2.37. The maximum Gasteiger partial charge on any atom is 0.246 e. The lowest BCUT2D eigenvalue weighted by Gasteiger charge is -2.21. The maximum absolute atomic E-state index is 12.4. The van der Waals surface area contributed by atoms with Gasteiger partial charge in [0.25, 0.3) is 0 Å². The molecule has 0 aliphatic heterocycles. The average Bonchev–Trinajstić information content (AvgIpc) is 3.10. The molecule has 17 heavy (non-hydrogen) atoms. The second-order valence-electron chi connectivity index (χ2n) is 4.31. The molecule has 0 bridgehead atoms. The first-order valence-electron chi connectivity index (χ1n) is 5.87. The summed E-state index contributed by atoms with van der Waals surface area (Å²) in [5, 5.41) is 9.66. The number of rotatable bonds is 5. The van der Waals surface area contributed by atoms with Crippen molar-refractivity contribution in [2.45, 2.75) is 37.1 Å². The Hall–Kier alpha value is -1.07. The van der Waals surface area contributed by atoms with Crippen LogP contribution in [0.3, 0.4) is 0 Å². The largest absolute Gasteiger partial charge is 0.507 e. The van der Waals surface area contributed by atoms with Crippen molar-refractivity contribution in [3.63, 3.8) is 0 Å². The van der Waals surface area contributed by atoms with Gasteiger partial charge in [-0.15, -0.1) is 0 Å². The van der Waals surface area contributed by atoms with E-state index >= 15 is 0 Å². The Morgan fingerprint density at radius 2 is 2.00 bits per heavy atom. The molecule has 1 fully saturated rings. The van der Waals surface area contributed by atoms with Crippen molar-refractivity contribution in [3.05, 3.63) is 24.3 Å². The number of phenolic OH excluding ortho intramolecular Hbond substituents is 1. The van der Waals surface area contributed by atoms with Crippen molar-refractivity contribution in [3.8, 4) is 5.75 Å². The number of hydrogen-bond donors (Lipinski definition) is 1. The third-order valence-corrected chi connectivity index (χ3v) is 4.85. The molecule has 1 N–H and O–H groups in total. The van der Waals surface area contributed by atoms with Crippen LogP contribution < -0.4 is 0 Å². The minimum Gasteiger partial charge on any atom is -0.507 e. The number of phenols is 1. The highest BCUT2D eigenvalue weighted by molar-refractivity contribution is 7.89. The van der Waals surface area contributed by atoms with Crippen LogP contribution in [0.4, 0.5) is 0 Å². The molecule has 0 amide bonds. The average molecular weight is 255 g/mol. The highest BCUT2D eigenvalue weighted by Gasteiger charge is 2.38. The molecule has 0 aromatic heterocycles. The van der Waals surface area contributed by atoms with Crippen LogP contribution in [0.5, 0.6) is 5.75 Å². The van der Waals surface area contributed by atoms with Crippen LogP contribution in [-0.4, -0.2) is 30.4 Å². The molecule has 0 radical (unpaired) electrons. The molecular formula is C12H17NO3S. The van der Waals surface area contributed by atoms with Crippen LogP contribution in [0.2, 0.25) is 0 Å². The van der Waals surface area contributed by atoms with Gasteiger partial charge in [0.2, 0.25) is 10.0 Å². The van der Waals surface area contributed by atoms with E-state index < -0.39 is 10.0 Å². The van der Waals surface area contributed by atoms with E-state index in [2.05, 4.69) is 0 Å². The summed E-state index contributed by atoms with van der Waals surface area (Å²) in [7, 11) is -3.55. The Bertz CT molecular complexity index is 494. The normalized spacial score (nSPS) is 16.4. The predicted octanol–water partition coefficient (Wildman–Crippen LogP) is 1.96. The van der Waals surface area contributed by atoms with Crippen LogP contribution in [0.1, 0.15) is 26.2 Å². The van der Waals surface area contributed by atoms with E-state index in [1.165, 1.54) is 16.4 Å². The fourth-order valence-electron chi connectivity index (χ4n) is 1.88. The predicted molar refractivity (Wildman–Crippen MR) is 65.3 cm³/mol. The van der Waals surface area contributed by atoms with E-state index in [1.807, 2.05) is 6.92 Å². The van der Waals surface area contributed by atoms with Crippen LogP contribution in [0.15, 0.2) is 29.2 Å². The zero-order chi connectivity index (χ0) is 12.5. The fourth-order valence-corrected chi connectivity index (χ4v) is 3.75. The lowest BCUT2D eigenvalue weighted by Crippen LogP contribution is -2.33. The van der Waals surface area contributed by atoms with E-state index in [0.29, 0.717) is 6.54 Å². The van der Waals surface area contributed by atoms with Crippen LogP contribution >= 0.6 is 0 Å². The molecule has 1 aliphatic rings. The van der Waals surface area contributed by atoms with Crippen molar-refractivity contribution in [1.29, 1.82) is 0 Å². The van der Waals surface area contributed by atoms with Gasteiger partial charge in [-0.05, 0) is 31.4 Å². The zero-order valence-corrected chi connectivity index (χ0v) is 10.7.